The maximum Gasteiger partial charge on any atom is 0.322 e. The molecule has 10 rings (SSSR count). The molecule has 0 saturated carbocycles. The highest BCUT2D eigenvalue weighted by molar-refractivity contribution is 5.84. The Bertz CT molecular complexity index is 3010. The van der Waals surface area contributed by atoms with Gasteiger partial charge in [-0.15, -0.1) is 0 Å². The minimum atomic E-state index is -0.356. The van der Waals surface area contributed by atoms with E-state index in [1.54, 1.807) is 36.7 Å². The topological polar surface area (TPSA) is 130 Å². The largest absolute Gasteiger partial charge is 0.424 e. The number of piperidine rings is 2. The van der Waals surface area contributed by atoms with Crippen molar-refractivity contribution in [1.29, 1.82) is 0 Å². The summed E-state index contributed by atoms with van der Waals surface area (Å²) in [4.78, 5) is 30.4. The zero-order valence-electron chi connectivity index (χ0n) is 37.4. The summed E-state index contributed by atoms with van der Waals surface area (Å²) in [6.07, 6.45) is 6.59. The number of nitrogens with one attached hydrogen (secondary N) is 2. The van der Waals surface area contributed by atoms with Crippen LogP contribution >= 0.6 is 0 Å². The van der Waals surface area contributed by atoms with Gasteiger partial charge in [0.15, 0.2) is 11.6 Å². The molecule has 0 amide bonds. The van der Waals surface area contributed by atoms with Crippen molar-refractivity contribution in [2.45, 2.75) is 65.5 Å². The zero-order valence-corrected chi connectivity index (χ0v) is 37.4. The van der Waals surface area contributed by atoms with Gasteiger partial charge < -0.3 is 29.2 Å². The van der Waals surface area contributed by atoms with Crippen molar-refractivity contribution in [3.8, 4) is 80.5 Å². The van der Waals surface area contributed by atoms with Crippen molar-refractivity contribution in [2.75, 3.05) is 26.2 Å². The molecule has 0 spiro atoms. The number of rotatable bonds is 11. The molecular formula is C52H50F2N10O2. The molecule has 0 bridgehead atoms. The van der Waals surface area contributed by atoms with Crippen molar-refractivity contribution < 1.29 is 18.3 Å². The first-order chi connectivity index (χ1) is 32.1. The van der Waals surface area contributed by atoms with E-state index in [0.29, 0.717) is 57.1 Å². The van der Waals surface area contributed by atoms with E-state index in [4.69, 9.17) is 29.4 Å². The third-order valence-corrected chi connectivity index (χ3v) is 12.3. The number of imidazole rings is 2. The predicted octanol–water partition coefficient (Wildman–Crippen LogP) is 10.9. The molecule has 4 aromatic heterocycles. The van der Waals surface area contributed by atoms with E-state index >= 15 is 0 Å². The summed E-state index contributed by atoms with van der Waals surface area (Å²) < 4.78 is 46.7. The number of hydrogen-bond acceptors (Lipinski definition) is 10. The molecule has 6 heterocycles. The van der Waals surface area contributed by atoms with Gasteiger partial charge in [-0.25, -0.2) is 28.7 Å². The molecule has 2 aliphatic heterocycles. The highest BCUT2D eigenvalue weighted by atomic mass is 19.1. The Balaban J connectivity index is 1.24. The first-order valence-corrected chi connectivity index (χ1v) is 22.5. The molecule has 334 valence electrons. The molecule has 4 aromatic carbocycles. The van der Waals surface area contributed by atoms with Gasteiger partial charge in [0.2, 0.25) is 0 Å². The fraction of sp³-hybridized carbons (Fsp3) is 0.269. The second-order valence-electron chi connectivity index (χ2n) is 17.2. The van der Waals surface area contributed by atoms with Gasteiger partial charge in [-0.3, -0.25) is 0 Å². The smallest absolute Gasteiger partial charge is 0.322 e. The standard InChI is InChI=1S/C52H50F2N10O2/c1-31-5-6-34(4)44(30-31)66-52-58-26-20-43(60-52)48-46(36-9-13-38(54)14-10-36)62-50(64(48)40-17-23-56-24-18-40)49-61-45(35-7-11-37(53)12-8-35)47(63(49)39-15-21-55-22-16-39)42-19-25-57-51(59-42)65-41-28-32(2)27-33(3)29-41/h5-14,19-20,25-30,39-40,55-56H,15-18,21-24H2,1-4H3. The second kappa shape index (κ2) is 18.4. The van der Waals surface area contributed by atoms with Gasteiger partial charge in [0.05, 0.1) is 34.2 Å². The van der Waals surface area contributed by atoms with Crippen LogP contribution in [0.15, 0.2) is 109 Å². The molecule has 2 fully saturated rings. The first kappa shape index (κ1) is 42.8. The molecule has 66 heavy (non-hydrogen) atoms. The summed E-state index contributed by atoms with van der Waals surface area (Å²) in [5.41, 5.74) is 9.38. The minimum absolute atomic E-state index is 0.0378. The van der Waals surface area contributed by atoms with Crippen LogP contribution in [-0.2, 0) is 0 Å². The molecule has 12 nitrogen and oxygen atoms in total. The minimum Gasteiger partial charge on any atom is -0.424 e. The molecule has 2 N–H and O–H groups in total. The summed E-state index contributed by atoms with van der Waals surface area (Å²) in [6.45, 7) is 11.2. The number of ether oxygens (including phenoxy) is 2. The van der Waals surface area contributed by atoms with E-state index in [9.17, 15) is 8.78 Å². The molecule has 0 radical (unpaired) electrons. The molecular weight excluding hydrogens is 835 g/mol. The van der Waals surface area contributed by atoms with E-state index in [1.807, 2.05) is 70.2 Å². The monoisotopic (exact) mass is 884 g/mol. The maximum absolute atomic E-state index is 14.7. The lowest BCUT2D eigenvalue weighted by Gasteiger charge is -2.29. The highest BCUT2D eigenvalue weighted by Crippen LogP contribution is 2.45. The third kappa shape index (κ3) is 8.81. The number of hydrogen-bond donors (Lipinski definition) is 2. The van der Waals surface area contributed by atoms with Crippen molar-refractivity contribution in [1.82, 2.24) is 49.7 Å². The summed E-state index contributed by atoms with van der Waals surface area (Å²) in [5.74, 6) is 1.81. The van der Waals surface area contributed by atoms with E-state index < -0.39 is 0 Å². The third-order valence-electron chi connectivity index (χ3n) is 12.3. The zero-order chi connectivity index (χ0) is 45.3. The van der Waals surface area contributed by atoms with E-state index in [0.717, 1.165) is 85.5 Å². The second-order valence-corrected chi connectivity index (χ2v) is 17.2. The van der Waals surface area contributed by atoms with Gasteiger partial charge >= 0.3 is 12.0 Å². The molecule has 0 aliphatic carbocycles. The lowest BCUT2D eigenvalue weighted by molar-refractivity contribution is 0.362. The van der Waals surface area contributed by atoms with Crippen LogP contribution < -0.4 is 20.1 Å². The van der Waals surface area contributed by atoms with Gasteiger partial charge in [0.1, 0.15) is 23.1 Å². The summed E-state index contributed by atoms with van der Waals surface area (Å²) in [7, 11) is 0. The molecule has 0 unspecified atom stereocenters. The van der Waals surface area contributed by atoms with Crippen LogP contribution in [0.2, 0.25) is 0 Å². The number of nitrogens with zero attached hydrogens (tertiary/aromatic N) is 8. The normalized spacial score (nSPS) is 14.7. The summed E-state index contributed by atoms with van der Waals surface area (Å²) >= 11 is 0. The van der Waals surface area contributed by atoms with Crippen LogP contribution in [0.3, 0.4) is 0 Å². The SMILES string of the molecule is Cc1cc(C)cc(Oc2nccc(-c3c(-c4ccc(F)cc4)nc(-c4nc(-c5ccc(F)cc5)c(-c5ccnc(Oc6cc(C)ccc6C)n5)n4C4CCNCC4)n3C3CCNCC3)n2)c1. The van der Waals surface area contributed by atoms with Gasteiger partial charge in [-0.2, -0.15) is 9.97 Å². The van der Waals surface area contributed by atoms with E-state index in [2.05, 4.69) is 35.8 Å². The number of aromatic nitrogens is 8. The van der Waals surface area contributed by atoms with E-state index in [1.165, 1.54) is 24.3 Å². The van der Waals surface area contributed by atoms with Crippen molar-refractivity contribution in [3.63, 3.8) is 0 Å². The molecule has 0 atom stereocenters. The average Bonchev–Trinajstić information content (AvgIpc) is 3.92. The Morgan fingerprint density at radius 2 is 0.985 bits per heavy atom. The van der Waals surface area contributed by atoms with Gasteiger partial charge in [0.25, 0.3) is 0 Å². The Hall–Kier alpha value is -7.16. The van der Waals surface area contributed by atoms with Gasteiger partial charge in [-0.05, 0) is 181 Å². The van der Waals surface area contributed by atoms with Crippen LogP contribution in [0.1, 0.15) is 60.0 Å². The quantitative estimate of drug-likeness (QED) is 0.129. The Morgan fingerprint density at radius 3 is 1.47 bits per heavy atom. The van der Waals surface area contributed by atoms with Crippen molar-refractivity contribution in [2.24, 2.45) is 0 Å². The predicted molar refractivity (Wildman–Crippen MR) is 251 cm³/mol. The van der Waals surface area contributed by atoms with Crippen LogP contribution in [0.4, 0.5) is 8.78 Å². The summed E-state index contributed by atoms with van der Waals surface area (Å²) in [6, 6.07) is 28.8. The Labute approximate surface area is 382 Å². The van der Waals surface area contributed by atoms with Gasteiger partial charge in [0, 0.05) is 35.6 Å². The fourth-order valence-corrected chi connectivity index (χ4v) is 9.19. The lowest BCUT2D eigenvalue weighted by Crippen LogP contribution is -2.31. The Kier molecular flexibility index (Phi) is 11.9. The van der Waals surface area contributed by atoms with Crippen molar-refractivity contribution >= 4 is 0 Å². The number of halogens is 2. The number of benzene rings is 4. The van der Waals surface area contributed by atoms with Crippen molar-refractivity contribution in [3.05, 3.63) is 143 Å². The molecule has 8 aromatic rings. The Morgan fingerprint density at radius 1 is 0.515 bits per heavy atom. The number of aryl methyl sites for hydroxylation is 4. The molecule has 14 heteroatoms. The maximum atomic E-state index is 14.7. The highest BCUT2D eigenvalue weighted by Gasteiger charge is 2.35. The van der Waals surface area contributed by atoms with E-state index in [-0.39, 0.29) is 35.7 Å². The van der Waals surface area contributed by atoms with Crippen LogP contribution in [-0.4, -0.2) is 65.2 Å². The lowest BCUT2D eigenvalue weighted by atomic mass is 10.0. The van der Waals surface area contributed by atoms with Crippen LogP contribution in [0.25, 0.3) is 56.9 Å². The first-order valence-electron chi connectivity index (χ1n) is 22.5. The molecule has 2 aliphatic rings. The fourth-order valence-electron chi connectivity index (χ4n) is 9.19. The summed E-state index contributed by atoms with van der Waals surface area (Å²) in [5, 5.41) is 7.08. The van der Waals surface area contributed by atoms with Crippen LogP contribution in [0.5, 0.6) is 23.5 Å². The van der Waals surface area contributed by atoms with Crippen LogP contribution in [0, 0.1) is 39.3 Å². The molecule has 2 saturated heterocycles. The van der Waals surface area contributed by atoms with Gasteiger partial charge in [-0.1, -0.05) is 18.2 Å². The average molecular weight is 885 g/mol.